The maximum Gasteiger partial charge on any atom is 0.120 e. The zero-order valence-corrected chi connectivity index (χ0v) is 29.2. The normalized spacial score (nSPS) is 12.4. The highest BCUT2D eigenvalue weighted by atomic mass is 16.5. The van der Waals surface area contributed by atoms with E-state index in [1.54, 1.807) is 0 Å². The average Bonchev–Trinajstić information content (AvgIpc) is 2.98. The lowest BCUT2D eigenvalue weighted by Gasteiger charge is -2.24. The summed E-state index contributed by atoms with van der Waals surface area (Å²) < 4.78 is 18.6. The molecule has 3 heteroatoms. The van der Waals surface area contributed by atoms with Crippen LogP contribution in [-0.4, -0.2) is 16.8 Å². The first-order valence-corrected chi connectivity index (χ1v) is 16.5. The molecule has 3 nitrogen and oxygen atoms in total. The molecule has 0 N–H and O–H groups in total. The number of ether oxygens (including phenoxy) is 3. The molecule has 0 aliphatic heterocycles. The van der Waals surface area contributed by atoms with E-state index in [1.807, 2.05) is 0 Å². The minimum Gasteiger partial charge on any atom is -0.488 e. The second-order valence-electron chi connectivity index (χ2n) is 15.3. The van der Waals surface area contributed by atoms with Crippen LogP contribution >= 0.6 is 0 Å². The molecule has 0 fully saturated rings. The van der Waals surface area contributed by atoms with Crippen molar-refractivity contribution >= 4 is 21.5 Å². The van der Waals surface area contributed by atoms with E-state index in [4.69, 9.17) is 14.2 Å². The van der Waals surface area contributed by atoms with Crippen LogP contribution in [0.4, 0.5) is 0 Å². The monoisotopic (exact) mass is 622 g/mol. The van der Waals surface area contributed by atoms with Crippen LogP contribution in [0, 0.1) is 0 Å². The molecule has 6 aromatic carbocycles. The number of rotatable bonds is 6. The second kappa shape index (κ2) is 12.1. The van der Waals surface area contributed by atoms with Crippen molar-refractivity contribution in [1.82, 2.24) is 0 Å². The first-order chi connectivity index (χ1) is 22.1. The summed E-state index contributed by atoms with van der Waals surface area (Å²) >= 11 is 0. The summed E-state index contributed by atoms with van der Waals surface area (Å²) in [5.41, 5.74) is 6.05. The zero-order valence-electron chi connectivity index (χ0n) is 29.2. The topological polar surface area (TPSA) is 27.7 Å². The predicted octanol–water partition coefficient (Wildman–Crippen LogP) is 12.5. The molecule has 240 valence electrons. The Morgan fingerprint density at radius 2 is 0.745 bits per heavy atom. The van der Waals surface area contributed by atoms with Crippen molar-refractivity contribution in [3.8, 4) is 50.6 Å². The predicted molar refractivity (Wildman–Crippen MR) is 199 cm³/mol. The largest absolute Gasteiger partial charge is 0.488 e. The van der Waals surface area contributed by atoms with Crippen LogP contribution in [0.15, 0.2) is 115 Å². The Morgan fingerprint density at radius 1 is 0.362 bits per heavy atom. The summed E-state index contributed by atoms with van der Waals surface area (Å²) in [6, 6.07) is 41.2. The fourth-order valence-corrected chi connectivity index (χ4v) is 6.06. The summed E-state index contributed by atoms with van der Waals surface area (Å²) in [6.45, 7) is 18.7. The lowest BCUT2D eigenvalue weighted by Crippen LogP contribution is -2.22. The van der Waals surface area contributed by atoms with Crippen LogP contribution in [0.2, 0.25) is 0 Å². The van der Waals surface area contributed by atoms with Crippen molar-refractivity contribution in [3.05, 3.63) is 115 Å². The van der Waals surface area contributed by atoms with Crippen LogP contribution in [0.5, 0.6) is 17.2 Å². The number of hydrogen-bond acceptors (Lipinski definition) is 3. The molecule has 0 radical (unpaired) electrons. The van der Waals surface area contributed by atoms with Gasteiger partial charge >= 0.3 is 0 Å². The van der Waals surface area contributed by atoms with E-state index in [-0.39, 0.29) is 16.8 Å². The lowest BCUT2D eigenvalue weighted by molar-refractivity contribution is 0.130. The molecule has 47 heavy (non-hydrogen) atoms. The Labute approximate surface area is 280 Å². The van der Waals surface area contributed by atoms with E-state index >= 15 is 0 Å². The molecule has 0 unspecified atom stereocenters. The van der Waals surface area contributed by atoms with Crippen molar-refractivity contribution in [2.24, 2.45) is 0 Å². The maximum absolute atomic E-state index is 6.22. The third kappa shape index (κ3) is 7.63. The standard InChI is InChI=1S/C44H46O3/c1-42(2,3)45-35-20-14-29(15-21-35)38-28-34-26-32-12-10-11-13-33(32)27-39(34)41(31-18-24-37(25-19-31)47-44(7,8)9)40(38)30-16-22-36(23-17-30)46-43(4,5)6/h10-28H,1-9H3. The van der Waals surface area contributed by atoms with E-state index in [0.717, 1.165) is 39.5 Å². The van der Waals surface area contributed by atoms with Crippen LogP contribution < -0.4 is 14.2 Å². The molecule has 0 spiro atoms. The van der Waals surface area contributed by atoms with Crippen LogP contribution in [0.25, 0.3) is 54.9 Å². The minimum absolute atomic E-state index is 0.274. The van der Waals surface area contributed by atoms with Crippen molar-refractivity contribution in [1.29, 1.82) is 0 Å². The average molecular weight is 623 g/mol. The lowest BCUT2D eigenvalue weighted by atomic mass is 9.83. The highest BCUT2D eigenvalue weighted by Gasteiger charge is 2.21. The van der Waals surface area contributed by atoms with Crippen molar-refractivity contribution in [3.63, 3.8) is 0 Å². The van der Waals surface area contributed by atoms with Gasteiger partial charge in [0.25, 0.3) is 0 Å². The van der Waals surface area contributed by atoms with Crippen molar-refractivity contribution in [2.45, 2.75) is 79.1 Å². The fraction of sp³-hybridized carbons (Fsp3) is 0.273. The first kappa shape index (κ1) is 32.2. The highest BCUT2D eigenvalue weighted by Crippen LogP contribution is 2.46. The van der Waals surface area contributed by atoms with Gasteiger partial charge in [-0.2, -0.15) is 0 Å². The third-order valence-electron chi connectivity index (χ3n) is 7.73. The molecule has 0 bridgehead atoms. The molecule has 0 saturated carbocycles. The molecular formula is C44H46O3. The fourth-order valence-electron chi connectivity index (χ4n) is 6.06. The van der Waals surface area contributed by atoms with E-state index in [9.17, 15) is 0 Å². The Morgan fingerprint density at radius 3 is 1.17 bits per heavy atom. The summed E-state index contributed by atoms with van der Waals surface area (Å²) in [4.78, 5) is 0. The molecule has 6 aromatic rings. The molecule has 0 heterocycles. The van der Waals surface area contributed by atoms with E-state index in [0.29, 0.717) is 0 Å². The highest BCUT2D eigenvalue weighted by molar-refractivity contribution is 6.13. The van der Waals surface area contributed by atoms with Gasteiger partial charge in [0.1, 0.15) is 34.1 Å². The van der Waals surface area contributed by atoms with Gasteiger partial charge in [0.15, 0.2) is 0 Å². The molecule has 0 saturated heterocycles. The molecule has 0 amide bonds. The summed E-state index contributed by atoms with van der Waals surface area (Å²) in [7, 11) is 0. The SMILES string of the molecule is CC(C)(C)Oc1ccc(-c2cc3cc4ccccc4cc3c(-c3ccc(OC(C)(C)C)cc3)c2-c2ccc(OC(C)(C)C)cc2)cc1. The molecule has 0 aliphatic rings. The smallest absolute Gasteiger partial charge is 0.120 e. The van der Waals surface area contributed by atoms with Gasteiger partial charge in [0.05, 0.1) is 0 Å². The van der Waals surface area contributed by atoms with Crippen molar-refractivity contribution < 1.29 is 14.2 Å². The Balaban J connectivity index is 1.64. The minimum atomic E-state index is -0.282. The van der Waals surface area contributed by atoms with Gasteiger partial charge in [-0.3, -0.25) is 0 Å². The maximum atomic E-state index is 6.22. The van der Waals surface area contributed by atoms with Gasteiger partial charge in [-0.1, -0.05) is 60.7 Å². The van der Waals surface area contributed by atoms with Gasteiger partial charge < -0.3 is 14.2 Å². The number of benzene rings is 6. The van der Waals surface area contributed by atoms with Crippen LogP contribution in [0.1, 0.15) is 62.3 Å². The summed E-state index contributed by atoms with van der Waals surface area (Å²) in [6.07, 6.45) is 0. The number of fused-ring (bicyclic) bond motifs is 2. The van der Waals surface area contributed by atoms with Gasteiger partial charge in [-0.25, -0.2) is 0 Å². The molecule has 0 atom stereocenters. The summed E-state index contributed by atoms with van der Waals surface area (Å²) in [5, 5.41) is 4.83. The zero-order chi connectivity index (χ0) is 33.6. The molecule has 0 aromatic heterocycles. The third-order valence-corrected chi connectivity index (χ3v) is 7.73. The van der Waals surface area contributed by atoms with Crippen LogP contribution in [-0.2, 0) is 0 Å². The van der Waals surface area contributed by atoms with Crippen molar-refractivity contribution in [2.75, 3.05) is 0 Å². The van der Waals surface area contributed by atoms with E-state index in [2.05, 4.69) is 178 Å². The van der Waals surface area contributed by atoms with Gasteiger partial charge in [-0.15, -0.1) is 0 Å². The molecular weight excluding hydrogens is 576 g/mol. The van der Waals surface area contributed by atoms with E-state index < -0.39 is 0 Å². The van der Waals surface area contributed by atoms with Gasteiger partial charge in [-0.05, 0) is 172 Å². The first-order valence-electron chi connectivity index (χ1n) is 16.5. The Hall–Kier alpha value is -4.76. The van der Waals surface area contributed by atoms with Crippen LogP contribution in [0.3, 0.4) is 0 Å². The summed E-state index contributed by atoms with van der Waals surface area (Å²) in [5.74, 6) is 2.56. The quantitative estimate of drug-likeness (QED) is 0.173. The Bertz CT molecular complexity index is 2010. The number of hydrogen-bond donors (Lipinski definition) is 0. The van der Waals surface area contributed by atoms with Gasteiger partial charge in [0, 0.05) is 0 Å². The van der Waals surface area contributed by atoms with E-state index in [1.165, 1.54) is 32.7 Å². The van der Waals surface area contributed by atoms with Gasteiger partial charge in [0.2, 0.25) is 0 Å². The molecule has 0 aliphatic carbocycles. The Kier molecular flexibility index (Phi) is 8.30. The second-order valence-corrected chi connectivity index (χ2v) is 15.3. The molecule has 6 rings (SSSR count).